The Balaban J connectivity index is 2.11. The van der Waals surface area contributed by atoms with Gasteiger partial charge in [0.15, 0.2) is 0 Å². The van der Waals surface area contributed by atoms with Crippen LogP contribution in [0.2, 0.25) is 0 Å². The maximum absolute atomic E-state index is 13.1. The maximum Gasteiger partial charge on any atom is 0.123 e. The minimum atomic E-state index is -0.216. The number of nitrogens with zero attached hydrogens (tertiary/aromatic N) is 1. The highest BCUT2D eigenvalue weighted by molar-refractivity contribution is 5.71. The summed E-state index contributed by atoms with van der Waals surface area (Å²) in [5.41, 5.74) is 5.16. The van der Waals surface area contributed by atoms with Crippen LogP contribution in [0.3, 0.4) is 0 Å². The fourth-order valence-corrected chi connectivity index (χ4v) is 2.33. The third kappa shape index (κ3) is 3.00. The van der Waals surface area contributed by atoms with E-state index in [1.165, 1.54) is 12.1 Å². The van der Waals surface area contributed by atoms with Crippen molar-refractivity contribution in [1.29, 1.82) is 0 Å². The molecular weight excluding hydrogens is 261 g/mol. The highest BCUT2D eigenvalue weighted by Gasteiger charge is 2.06. The quantitative estimate of drug-likeness (QED) is 0.647. The summed E-state index contributed by atoms with van der Waals surface area (Å²) in [6, 6.07) is 20.8. The Kier molecular flexibility index (Phi) is 3.78. The zero-order valence-corrected chi connectivity index (χ0v) is 11.9. The van der Waals surface area contributed by atoms with Crippen LogP contribution in [0.5, 0.6) is 0 Å². The second-order valence-electron chi connectivity index (χ2n) is 4.96. The Labute approximate surface area is 124 Å². The predicted molar refractivity (Wildman–Crippen MR) is 84.4 cm³/mol. The molecule has 3 aromatic rings. The van der Waals surface area contributed by atoms with Gasteiger partial charge in [-0.05, 0) is 41.8 Å². The molecule has 0 spiro atoms. The van der Waals surface area contributed by atoms with Crippen molar-refractivity contribution in [3.63, 3.8) is 0 Å². The third-order valence-electron chi connectivity index (χ3n) is 3.49. The fourth-order valence-electron chi connectivity index (χ4n) is 2.33. The van der Waals surface area contributed by atoms with Crippen LogP contribution >= 0.6 is 0 Å². The van der Waals surface area contributed by atoms with Crippen LogP contribution in [0.4, 0.5) is 4.39 Å². The molecule has 0 aliphatic rings. The Morgan fingerprint density at radius 2 is 1.52 bits per heavy atom. The van der Waals surface area contributed by atoms with Crippen LogP contribution < -0.4 is 0 Å². The first kappa shape index (κ1) is 13.5. The highest BCUT2D eigenvalue weighted by atomic mass is 19.1. The Bertz CT molecular complexity index is 733. The molecule has 1 nitrogen and oxygen atoms in total. The van der Waals surface area contributed by atoms with Gasteiger partial charge in [0, 0.05) is 11.3 Å². The van der Waals surface area contributed by atoms with E-state index < -0.39 is 0 Å². The molecule has 0 saturated carbocycles. The number of hydrogen-bond acceptors (Lipinski definition) is 1. The Morgan fingerprint density at radius 3 is 2.19 bits per heavy atom. The summed E-state index contributed by atoms with van der Waals surface area (Å²) in [6.45, 7) is 2.09. The standard InChI is InChI=1S/C19H16FN/c1-2-18-12-16(14-8-10-17(20)11-9-14)13-19(21-18)15-6-4-3-5-7-15/h3-13H,2H2,1H3. The van der Waals surface area contributed by atoms with E-state index >= 15 is 0 Å². The molecule has 1 heterocycles. The van der Waals surface area contributed by atoms with Crippen molar-refractivity contribution in [2.24, 2.45) is 0 Å². The zero-order valence-electron chi connectivity index (χ0n) is 11.9. The van der Waals surface area contributed by atoms with E-state index in [4.69, 9.17) is 4.98 Å². The zero-order chi connectivity index (χ0) is 14.7. The van der Waals surface area contributed by atoms with Crippen LogP contribution in [-0.2, 0) is 6.42 Å². The monoisotopic (exact) mass is 277 g/mol. The molecule has 3 rings (SSSR count). The third-order valence-corrected chi connectivity index (χ3v) is 3.49. The highest BCUT2D eigenvalue weighted by Crippen LogP contribution is 2.26. The van der Waals surface area contributed by atoms with E-state index in [1.54, 1.807) is 12.1 Å². The van der Waals surface area contributed by atoms with Crippen LogP contribution in [0.1, 0.15) is 12.6 Å². The number of hydrogen-bond donors (Lipinski definition) is 0. The number of benzene rings is 2. The molecule has 2 heteroatoms. The second-order valence-corrected chi connectivity index (χ2v) is 4.96. The molecule has 0 aliphatic heterocycles. The van der Waals surface area contributed by atoms with Crippen molar-refractivity contribution in [1.82, 2.24) is 4.98 Å². The molecule has 2 aromatic carbocycles. The summed E-state index contributed by atoms with van der Waals surface area (Å²) < 4.78 is 13.1. The van der Waals surface area contributed by atoms with Gasteiger partial charge in [0.25, 0.3) is 0 Å². The molecular formula is C19H16FN. The van der Waals surface area contributed by atoms with E-state index in [1.807, 2.05) is 18.2 Å². The largest absolute Gasteiger partial charge is 0.253 e. The minimum Gasteiger partial charge on any atom is -0.253 e. The predicted octanol–water partition coefficient (Wildman–Crippen LogP) is 5.12. The van der Waals surface area contributed by atoms with E-state index in [-0.39, 0.29) is 5.82 Å². The molecule has 0 atom stereocenters. The van der Waals surface area contributed by atoms with Crippen molar-refractivity contribution in [2.45, 2.75) is 13.3 Å². The number of halogens is 1. The molecule has 21 heavy (non-hydrogen) atoms. The van der Waals surface area contributed by atoms with E-state index in [9.17, 15) is 4.39 Å². The van der Waals surface area contributed by atoms with Crippen LogP contribution in [0, 0.1) is 5.82 Å². The lowest BCUT2D eigenvalue weighted by Crippen LogP contribution is -1.93. The molecule has 0 bridgehead atoms. The molecule has 0 amide bonds. The van der Waals surface area contributed by atoms with Crippen molar-refractivity contribution < 1.29 is 4.39 Å². The lowest BCUT2D eigenvalue weighted by atomic mass is 10.0. The first-order valence-electron chi connectivity index (χ1n) is 7.08. The van der Waals surface area contributed by atoms with Crippen LogP contribution in [0.15, 0.2) is 66.7 Å². The molecule has 0 aliphatic carbocycles. The molecule has 0 saturated heterocycles. The van der Waals surface area contributed by atoms with Gasteiger partial charge in [-0.15, -0.1) is 0 Å². The van der Waals surface area contributed by atoms with Gasteiger partial charge >= 0.3 is 0 Å². The van der Waals surface area contributed by atoms with E-state index in [0.717, 1.165) is 34.5 Å². The van der Waals surface area contributed by atoms with Crippen molar-refractivity contribution >= 4 is 0 Å². The maximum atomic E-state index is 13.1. The number of rotatable bonds is 3. The van der Waals surface area contributed by atoms with E-state index in [2.05, 4.69) is 31.2 Å². The van der Waals surface area contributed by atoms with Crippen LogP contribution in [-0.4, -0.2) is 4.98 Å². The number of aromatic nitrogens is 1. The van der Waals surface area contributed by atoms with Gasteiger partial charge in [-0.3, -0.25) is 4.98 Å². The van der Waals surface area contributed by atoms with Crippen molar-refractivity contribution in [3.05, 3.63) is 78.2 Å². The average Bonchev–Trinajstić information content (AvgIpc) is 2.56. The van der Waals surface area contributed by atoms with Crippen molar-refractivity contribution in [2.75, 3.05) is 0 Å². The van der Waals surface area contributed by atoms with Gasteiger partial charge in [-0.25, -0.2) is 4.39 Å². The summed E-state index contributed by atoms with van der Waals surface area (Å²) >= 11 is 0. The van der Waals surface area contributed by atoms with Gasteiger partial charge in [0.2, 0.25) is 0 Å². The summed E-state index contributed by atoms with van der Waals surface area (Å²) in [6.07, 6.45) is 0.870. The summed E-state index contributed by atoms with van der Waals surface area (Å²) in [7, 11) is 0. The SMILES string of the molecule is CCc1cc(-c2ccc(F)cc2)cc(-c2ccccc2)n1. The first-order chi connectivity index (χ1) is 10.3. The molecule has 0 fully saturated rings. The smallest absolute Gasteiger partial charge is 0.123 e. The Hall–Kier alpha value is -2.48. The van der Waals surface area contributed by atoms with Crippen molar-refractivity contribution in [3.8, 4) is 22.4 Å². The van der Waals surface area contributed by atoms with E-state index in [0.29, 0.717) is 0 Å². The topological polar surface area (TPSA) is 12.9 Å². The average molecular weight is 277 g/mol. The fraction of sp³-hybridized carbons (Fsp3) is 0.105. The molecule has 0 unspecified atom stereocenters. The van der Waals surface area contributed by atoms with Gasteiger partial charge in [0.1, 0.15) is 5.82 Å². The van der Waals surface area contributed by atoms with Gasteiger partial charge in [-0.1, -0.05) is 49.4 Å². The minimum absolute atomic E-state index is 0.216. The van der Waals surface area contributed by atoms with Gasteiger partial charge in [0.05, 0.1) is 5.69 Å². The lowest BCUT2D eigenvalue weighted by molar-refractivity contribution is 0.628. The molecule has 0 N–H and O–H groups in total. The molecule has 104 valence electrons. The van der Waals surface area contributed by atoms with Gasteiger partial charge in [-0.2, -0.15) is 0 Å². The lowest BCUT2D eigenvalue weighted by Gasteiger charge is -2.09. The summed E-state index contributed by atoms with van der Waals surface area (Å²) in [5, 5.41) is 0. The number of aryl methyl sites for hydroxylation is 1. The first-order valence-corrected chi connectivity index (χ1v) is 7.08. The summed E-state index contributed by atoms with van der Waals surface area (Å²) in [5.74, 6) is -0.216. The van der Waals surface area contributed by atoms with Gasteiger partial charge < -0.3 is 0 Å². The van der Waals surface area contributed by atoms with Crippen LogP contribution in [0.25, 0.3) is 22.4 Å². The molecule has 0 radical (unpaired) electrons. The normalized spacial score (nSPS) is 10.6. The molecule has 1 aromatic heterocycles. The Morgan fingerprint density at radius 1 is 0.810 bits per heavy atom. The summed E-state index contributed by atoms with van der Waals surface area (Å²) in [4.78, 5) is 4.69. The number of pyridine rings is 1. The second kappa shape index (κ2) is 5.88.